The van der Waals surface area contributed by atoms with E-state index in [1.807, 2.05) is 17.6 Å². The summed E-state index contributed by atoms with van der Waals surface area (Å²) in [5.41, 5.74) is 4.79. The van der Waals surface area contributed by atoms with Gasteiger partial charge in [-0.2, -0.15) is 9.61 Å². The van der Waals surface area contributed by atoms with Crippen LogP contribution in [-0.2, 0) is 0 Å². The van der Waals surface area contributed by atoms with Crippen molar-refractivity contribution in [3.05, 3.63) is 60.2 Å². The van der Waals surface area contributed by atoms with Crippen LogP contribution in [0.3, 0.4) is 0 Å². The molecular weight excluding hydrogens is 341 g/mol. The number of anilines is 1. The molecule has 2 aromatic heterocycles. The average molecular weight is 365 g/mol. The van der Waals surface area contributed by atoms with Crippen molar-refractivity contribution in [2.24, 2.45) is 0 Å². The minimum atomic E-state index is -0.243. The fourth-order valence-electron chi connectivity index (χ4n) is 3.64. The molecule has 1 aliphatic heterocycles. The highest BCUT2D eigenvalue weighted by Gasteiger charge is 2.21. The van der Waals surface area contributed by atoms with E-state index in [2.05, 4.69) is 34.5 Å². The van der Waals surface area contributed by atoms with Crippen molar-refractivity contribution in [2.45, 2.75) is 13.8 Å². The molecule has 1 aromatic carbocycles. The maximum Gasteiger partial charge on any atom is 0.165 e. The van der Waals surface area contributed by atoms with Crippen LogP contribution in [-0.4, -0.2) is 52.2 Å². The Morgan fingerprint density at radius 1 is 1.15 bits per heavy atom. The van der Waals surface area contributed by atoms with Gasteiger partial charge in [-0.3, -0.25) is 4.90 Å². The SMILES string of the molecule is C=C(C)CN1CCN(c2cc(C)nc3c(-c4ccc(F)cc4)cnn23)CC1. The number of benzene rings is 1. The molecule has 0 unspecified atom stereocenters. The molecule has 0 N–H and O–H groups in total. The Bertz CT molecular complexity index is 968. The van der Waals surface area contributed by atoms with Gasteiger partial charge in [-0.05, 0) is 31.5 Å². The van der Waals surface area contributed by atoms with E-state index in [1.165, 1.54) is 17.7 Å². The molecule has 5 nitrogen and oxygen atoms in total. The number of fused-ring (bicyclic) bond motifs is 1. The van der Waals surface area contributed by atoms with E-state index in [1.54, 1.807) is 12.1 Å². The maximum absolute atomic E-state index is 13.3. The van der Waals surface area contributed by atoms with Crippen LogP contribution < -0.4 is 4.90 Å². The first-order valence-corrected chi connectivity index (χ1v) is 9.24. The highest BCUT2D eigenvalue weighted by Crippen LogP contribution is 2.27. The third kappa shape index (κ3) is 3.57. The first-order chi connectivity index (χ1) is 13.0. The Morgan fingerprint density at radius 3 is 2.52 bits per heavy atom. The van der Waals surface area contributed by atoms with Gasteiger partial charge in [0, 0.05) is 50.0 Å². The Morgan fingerprint density at radius 2 is 1.85 bits per heavy atom. The fraction of sp³-hybridized carbons (Fsp3) is 0.333. The number of aryl methyl sites for hydroxylation is 1. The lowest BCUT2D eigenvalue weighted by Gasteiger charge is -2.36. The van der Waals surface area contributed by atoms with E-state index in [4.69, 9.17) is 4.98 Å². The summed E-state index contributed by atoms with van der Waals surface area (Å²) >= 11 is 0. The Labute approximate surface area is 158 Å². The molecule has 0 atom stereocenters. The number of halogens is 1. The van der Waals surface area contributed by atoms with E-state index in [-0.39, 0.29) is 5.82 Å². The molecule has 0 saturated carbocycles. The summed E-state index contributed by atoms with van der Waals surface area (Å²) in [7, 11) is 0. The zero-order valence-corrected chi connectivity index (χ0v) is 15.8. The molecule has 140 valence electrons. The minimum Gasteiger partial charge on any atom is -0.354 e. The van der Waals surface area contributed by atoms with E-state index >= 15 is 0 Å². The number of aromatic nitrogens is 3. The standard InChI is InChI=1S/C21H24FN5/c1-15(2)14-25-8-10-26(11-9-25)20-12-16(3)24-21-19(13-23-27(20)21)17-4-6-18(22)7-5-17/h4-7,12-13H,1,8-11,14H2,2-3H3. The summed E-state index contributed by atoms with van der Waals surface area (Å²) < 4.78 is 15.2. The molecule has 0 spiro atoms. The van der Waals surface area contributed by atoms with Crippen molar-refractivity contribution in [1.29, 1.82) is 0 Å². The number of hydrogen-bond acceptors (Lipinski definition) is 4. The maximum atomic E-state index is 13.3. The Hall–Kier alpha value is -2.73. The third-order valence-corrected chi connectivity index (χ3v) is 4.93. The van der Waals surface area contributed by atoms with Crippen LogP contribution in [0, 0.1) is 12.7 Å². The summed E-state index contributed by atoms with van der Waals surface area (Å²) in [6, 6.07) is 8.56. The summed E-state index contributed by atoms with van der Waals surface area (Å²) in [5.74, 6) is 0.813. The smallest absolute Gasteiger partial charge is 0.165 e. The molecular formula is C21H24FN5. The van der Waals surface area contributed by atoms with Gasteiger partial charge in [0.2, 0.25) is 0 Å². The Balaban J connectivity index is 1.66. The summed E-state index contributed by atoms with van der Waals surface area (Å²) in [5, 5.41) is 4.59. The van der Waals surface area contributed by atoms with Crippen LogP contribution in [0.1, 0.15) is 12.6 Å². The van der Waals surface area contributed by atoms with Gasteiger partial charge < -0.3 is 4.90 Å². The summed E-state index contributed by atoms with van der Waals surface area (Å²) in [6.45, 7) is 12.9. The molecule has 0 bridgehead atoms. The van der Waals surface area contributed by atoms with Gasteiger partial charge in [0.15, 0.2) is 5.65 Å². The molecule has 27 heavy (non-hydrogen) atoms. The highest BCUT2D eigenvalue weighted by atomic mass is 19.1. The van der Waals surface area contributed by atoms with Crippen molar-refractivity contribution in [2.75, 3.05) is 37.6 Å². The molecule has 0 aliphatic carbocycles. The zero-order valence-electron chi connectivity index (χ0n) is 15.8. The monoisotopic (exact) mass is 365 g/mol. The number of hydrogen-bond donors (Lipinski definition) is 0. The van der Waals surface area contributed by atoms with Crippen LogP contribution in [0.25, 0.3) is 16.8 Å². The average Bonchev–Trinajstić information content (AvgIpc) is 3.05. The predicted octanol–water partition coefficient (Wildman–Crippen LogP) is 3.54. The highest BCUT2D eigenvalue weighted by molar-refractivity contribution is 5.78. The van der Waals surface area contributed by atoms with Gasteiger partial charge in [-0.25, -0.2) is 9.37 Å². The number of nitrogens with zero attached hydrogens (tertiary/aromatic N) is 5. The van der Waals surface area contributed by atoms with Gasteiger partial charge in [0.05, 0.1) is 6.20 Å². The first kappa shape index (κ1) is 17.7. The number of rotatable bonds is 4. The fourth-order valence-corrected chi connectivity index (χ4v) is 3.64. The van der Waals surface area contributed by atoms with Crippen molar-refractivity contribution in [3.8, 4) is 11.1 Å². The lowest BCUT2D eigenvalue weighted by Crippen LogP contribution is -2.47. The Kier molecular flexibility index (Phi) is 4.66. The molecule has 4 rings (SSSR count). The molecule has 6 heteroatoms. The van der Waals surface area contributed by atoms with Crippen LogP contribution in [0.15, 0.2) is 48.7 Å². The second-order valence-electron chi connectivity index (χ2n) is 7.28. The molecule has 1 saturated heterocycles. The van der Waals surface area contributed by atoms with Gasteiger partial charge >= 0.3 is 0 Å². The largest absolute Gasteiger partial charge is 0.354 e. The number of piperazine rings is 1. The first-order valence-electron chi connectivity index (χ1n) is 9.24. The second kappa shape index (κ2) is 7.12. The summed E-state index contributed by atoms with van der Waals surface area (Å²) in [4.78, 5) is 9.49. The lowest BCUT2D eigenvalue weighted by molar-refractivity contribution is 0.277. The van der Waals surface area contributed by atoms with E-state index in [9.17, 15) is 4.39 Å². The van der Waals surface area contributed by atoms with E-state index in [0.717, 1.165) is 61.0 Å². The van der Waals surface area contributed by atoms with Crippen LogP contribution in [0.4, 0.5) is 10.2 Å². The van der Waals surface area contributed by atoms with Crippen molar-refractivity contribution in [1.82, 2.24) is 19.5 Å². The molecule has 1 aliphatic rings. The predicted molar refractivity (Wildman–Crippen MR) is 107 cm³/mol. The molecule has 3 aromatic rings. The van der Waals surface area contributed by atoms with Crippen molar-refractivity contribution < 1.29 is 4.39 Å². The van der Waals surface area contributed by atoms with E-state index in [0.29, 0.717) is 0 Å². The van der Waals surface area contributed by atoms with Crippen LogP contribution in [0.5, 0.6) is 0 Å². The van der Waals surface area contributed by atoms with Gasteiger partial charge in [-0.15, -0.1) is 0 Å². The van der Waals surface area contributed by atoms with Crippen LogP contribution >= 0.6 is 0 Å². The van der Waals surface area contributed by atoms with E-state index < -0.39 is 0 Å². The van der Waals surface area contributed by atoms with Crippen LogP contribution in [0.2, 0.25) is 0 Å². The normalized spacial score (nSPS) is 15.4. The second-order valence-corrected chi connectivity index (χ2v) is 7.28. The van der Waals surface area contributed by atoms with Gasteiger partial charge in [0.25, 0.3) is 0 Å². The quantitative estimate of drug-likeness (QED) is 0.663. The molecule has 3 heterocycles. The molecule has 0 radical (unpaired) electrons. The molecule has 1 fully saturated rings. The van der Waals surface area contributed by atoms with Gasteiger partial charge in [0.1, 0.15) is 11.6 Å². The zero-order chi connectivity index (χ0) is 19.0. The summed E-state index contributed by atoms with van der Waals surface area (Å²) in [6.07, 6.45) is 1.82. The van der Waals surface area contributed by atoms with Crippen molar-refractivity contribution >= 4 is 11.5 Å². The topological polar surface area (TPSA) is 36.7 Å². The minimum absolute atomic E-state index is 0.243. The van der Waals surface area contributed by atoms with Crippen molar-refractivity contribution in [3.63, 3.8) is 0 Å². The molecule has 0 amide bonds. The lowest BCUT2D eigenvalue weighted by atomic mass is 10.1. The third-order valence-electron chi connectivity index (χ3n) is 4.93. The van der Waals surface area contributed by atoms with Gasteiger partial charge in [-0.1, -0.05) is 24.3 Å².